The monoisotopic (exact) mass is 527 g/mol. The first-order chi connectivity index (χ1) is 18.2. The van der Waals surface area contributed by atoms with Gasteiger partial charge in [0.15, 0.2) is 5.65 Å². The molecule has 0 N–H and O–H groups in total. The van der Waals surface area contributed by atoms with Crippen LogP contribution in [0.15, 0.2) is 59.9 Å². The SMILES string of the molecule is CC.Cc1cccc(F)c1N1CCC(c2cc3nccnc3n(Cc3cnccc3C(F)(F)F)c2=O)CC1. The lowest BCUT2D eigenvalue weighted by Crippen LogP contribution is -2.36. The molecule has 38 heavy (non-hydrogen) atoms. The number of pyridine rings is 2. The summed E-state index contributed by atoms with van der Waals surface area (Å²) in [5.41, 5.74) is 1.15. The van der Waals surface area contributed by atoms with Crippen molar-refractivity contribution < 1.29 is 17.6 Å². The number of alkyl halides is 3. The van der Waals surface area contributed by atoms with Crippen LogP contribution in [0.25, 0.3) is 11.2 Å². The van der Waals surface area contributed by atoms with Crippen molar-refractivity contribution in [2.45, 2.75) is 52.3 Å². The average Bonchev–Trinajstić information content (AvgIpc) is 2.91. The first-order valence-electron chi connectivity index (χ1n) is 12.6. The first-order valence-corrected chi connectivity index (χ1v) is 12.6. The van der Waals surface area contributed by atoms with E-state index in [9.17, 15) is 22.4 Å². The lowest BCUT2D eigenvalue weighted by Gasteiger charge is -2.34. The van der Waals surface area contributed by atoms with Crippen LogP contribution >= 0.6 is 0 Å². The van der Waals surface area contributed by atoms with Crippen molar-refractivity contribution in [3.8, 4) is 0 Å². The first kappa shape index (κ1) is 27.2. The molecule has 5 rings (SSSR count). The number of hydrogen-bond donors (Lipinski definition) is 0. The van der Waals surface area contributed by atoms with E-state index in [1.165, 1.54) is 23.0 Å². The van der Waals surface area contributed by atoms with Gasteiger partial charge in [-0.3, -0.25) is 19.3 Å². The minimum absolute atomic E-state index is 0.124. The molecule has 0 amide bonds. The summed E-state index contributed by atoms with van der Waals surface area (Å²) in [4.78, 5) is 28.0. The molecule has 6 nitrogen and oxygen atoms in total. The molecule has 4 aromatic rings. The van der Waals surface area contributed by atoms with E-state index in [4.69, 9.17) is 0 Å². The Balaban J connectivity index is 0.00000164. The maximum absolute atomic E-state index is 14.5. The van der Waals surface area contributed by atoms with Crippen molar-refractivity contribution in [1.29, 1.82) is 0 Å². The van der Waals surface area contributed by atoms with Crippen LogP contribution in [0.5, 0.6) is 0 Å². The molecule has 0 saturated carbocycles. The Morgan fingerprint density at radius 3 is 2.42 bits per heavy atom. The standard InChI is InChI=1S/C26H23F4N5O.C2H6/c1-16-3-2-4-21(27)23(16)34-11-6-17(7-12-34)19-13-22-24(33-10-9-32-22)35(25(19)36)15-18-14-31-8-5-20(18)26(28,29)30;1-2/h2-5,8-10,13-14,17H,6-7,11-12,15H2,1H3;1-2H3. The highest BCUT2D eigenvalue weighted by atomic mass is 19.4. The van der Waals surface area contributed by atoms with E-state index in [-0.39, 0.29) is 29.5 Å². The van der Waals surface area contributed by atoms with Gasteiger partial charge >= 0.3 is 6.18 Å². The number of piperidine rings is 1. The highest BCUT2D eigenvalue weighted by Crippen LogP contribution is 2.34. The number of fused-ring (bicyclic) bond motifs is 1. The van der Waals surface area contributed by atoms with E-state index < -0.39 is 17.3 Å². The van der Waals surface area contributed by atoms with Gasteiger partial charge in [0.1, 0.15) is 11.3 Å². The number of para-hydroxylation sites is 1. The lowest BCUT2D eigenvalue weighted by molar-refractivity contribution is -0.138. The van der Waals surface area contributed by atoms with Gasteiger partial charge < -0.3 is 4.90 Å². The highest BCUT2D eigenvalue weighted by Gasteiger charge is 2.34. The van der Waals surface area contributed by atoms with Gasteiger partial charge in [0.05, 0.1) is 17.8 Å². The number of halogens is 4. The molecule has 1 aliphatic rings. The molecule has 0 radical (unpaired) electrons. The zero-order valence-corrected chi connectivity index (χ0v) is 21.5. The second-order valence-corrected chi connectivity index (χ2v) is 8.95. The minimum Gasteiger partial charge on any atom is -0.369 e. The van der Waals surface area contributed by atoms with E-state index in [0.29, 0.717) is 42.7 Å². The van der Waals surface area contributed by atoms with Crippen LogP contribution < -0.4 is 10.5 Å². The Morgan fingerprint density at radius 1 is 1.03 bits per heavy atom. The summed E-state index contributed by atoms with van der Waals surface area (Å²) in [7, 11) is 0. The molecule has 10 heteroatoms. The lowest BCUT2D eigenvalue weighted by atomic mass is 9.89. The number of benzene rings is 1. The van der Waals surface area contributed by atoms with E-state index in [1.54, 1.807) is 12.1 Å². The van der Waals surface area contributed by atoms with Crippen molar-refractivity contribution in [2.24, 2.45) is 0 Å². The number of aromatic nitrogens is 4. The Labute approximate surface area is 218 Å². The number of aryl methyl sites for hydroxylation is 1. The third-order valence-electron chi connectivity index (χ3n) is 6.72. The predicted octanol–water partition coefficient (Wildman–Crippen LogP) is 6.11. The summed E-state index contributed by atoms with van der Waals surface area (Å²) in [6.45, 7) is 6.62. The van der Waals surface area contributed by atoms with Crippen LogP contribution in [0.1, 0.15) is 54.9 Å². The number of rotatable bonds is 4. The summed E-state index contributed by atoms with van der Waals surface area (Å²) < 4.78 is 56.5. The maximum Gasteiger partial charge on any atom is 0.416 e. The second-order valence-electron chi connectivity index (χ2n) is 8.95. The third kappa shape index (κ3) is 5.39. The fourth-order valence-corrected chi connectivity index (χ4v) is 4.99. The number of hydrogen-bond acceptors (Lipinski definition) is 5. The van der Waals surface area contributed by atoms with Crippen LogP contribution in [0, 0.1) is 12.7 Å². The predicted molar refractivity (Wildman–Crippen MR) is 139 cm³/mol. The normalized spacial score (nSPS) is 14.3. The Bertz CT molecular complexity index is 1460. The molecular weight excluding hydrogens is 498 g/mol. The smallest absolute Gasteiger partial charge is 0.369 e. The molecule has 200 valence electrons. The van der Waals surface area contributed by atoms with Crippen molar-refractivity contribution in [2.75, 3.05) is 18.0 Å². The molecule has 0 atom stereocenters. The number of nitrogens with zero attached hydrogens (tertiary/aromatic N) is 5. The molecule has 0 spiro atoms. The van der Waals surface area contributed by atoms with Gasteiger partial charge in [-0.15, -0.1) is 0 Å². The molecule has 1 saturated heterocycles. The van der Waals surface area contributed by atoms with E-state index in [2.05, 4.69) is 15.0 Å². The van der Waals surface area contributed by atoms with E-state index in [1.807, 2.05) is 31.7 Å². The molecule has 0 bridgehead atoms. The van der Waals surface area contributed by atoms with Gasteiger partial charge in [-0.2, -0.15) is 13.2 Å². The fourth-order valence-electron chi connectivity index (χ4n) is 4.99. The van der Waals surface area contributed by atoms with Crippen LogP contribution in [0.2, 0.25) is 0 Å². The number of anilines is 1. The van der Waals surface area contributed by atoms with Crippen LogP contribution in [-0.2, 0) is 12.7 Å². The molecule has 0 unspecified atom stereocenters. The van der Waals surface area contributed by atoms with Crippen molar-refractivity contribution in [1.82, 2.24) is 19.5 Å². The molecule has 3 aromatic heterocycles. The van der Waals surface area contributed by atoms with E-state index >= 15 is 0 Å². The summed E-state index contributed by atoms with van der Waals surface area (Å²) in [6, 6.07) is 7.55. The van der Waals surface area contributed by atoms with Crippen LogP contribution in [0.4, 0.5) is 23.2 Å². The molecule has 0 aliphatic carbocycles. The van der Waals surface area contributed by atoms with E-state index in [0.717, 1.165) is 24.0 Å². The zero-order valence-electron chi connectivity index (χ0n) is 21.5. The third-order valence-corrected chi connectivity index (χ3v) is 6.72. The fraction of sp³-hybridized carbons (Fsp3) is 0.357. The van der Waals surface area contributed by atoms with Crippen molar-refractivity contribution in [3.63, 3.8) is 0 Å². The van der Waals surface area contributed by atoms with Gasteiger partial charge in [-0.05, 0) is 49.4 Å². The quantitative estimate of drug-likeness (QED) is 0.300. The van der Waals surface area contributed by atoms with Gasteiger partial charge in [0, 0.05) is 49.0 Å². The zero-order chi connectivity index (χ0) is 27.4. The molecule has 4 heterocycles. The van der Waals surface area contributed by atoms with Gasteiger partial charge in [0.2, 0.25) is 0 Å². The second kappa shape index (κ2) is 11.3. The maximum atomic E-state index is 14.5. The largest absolute Gasteiger partial charge is 0.416 e. The Hall–Kier alpha value is -3.82. The Kier molecular flexibility index (Phi) is 8.08. The molecular formula is C28H29F4N5O. The van der Waals surface area contributed by atoms with Gasteiger partial charge in [0.25, 0.3) is 5.56 Å². The topological polar surface area (TPSA) is 63.9 Å². The summed E-state index contributed by atoms with van der Waals surface area (Å²) in [5.74, 6) is -0.428. The average molecular weight is 528 g/mol. The summed E-state index contributed by atoms with van der Waals surface area (Å²) in [6.07, 6.45) is 1.69. The van der Waals surface area contributed by atoms with Crippen LogP contribution in [0.3, 0.4) is 0 Å². The van der Waals surface area contributed by atoms with Crippen molar-refractivity contribution in [3.05, 3.63) is 93.5 Å². The molecule has 1 fully saturated rings. The molecule has 1 aliphatic heterocycles. The highest BCUT2D eigenvalue weighted by molar-refractivity contribution is 5.71. The van der Waals surface area contributed by atoms with Crippen LogP contribution in [-0.4, -0.2) is 32.6 Å². The minimum atomic E-state index is -4.58. The molecule has 1 aromatic carbocycles. The Morgan fingerprint density at radius 2 is 1.74 bits per heavy atom. The summed E-state index contributed by atoms with van der Waals surface area (Å²) in [5, 5.41) is 0. The van der Waals surface area contributed by atoms with Gasteiger partial charge in [-0.1, -0.05) is 26.0 Å². The van der Waals surface area contributed by atoms with Gasteiger partial charge in [-0.25, -0.2) is 9.37 Å². The van der Waals surface area contributed by atoms with Crippen molar-refractivity contribution >= 4 is 16.9 Å². The summed E-state index contributed by atoms with van der Waals surface area (Å²) >= 11 is 0.